The summed E-state index contributed by atoms with van der Waals surface area (Å²) in [4.78, 5) is 0. The van der Waals surface area contributed by atoms with Crippen LogP contribution in [0.1, 0.15) is 56.8 Å². The summed E-state index contributed by atoms with van der Waals surface area (Å²) in [6.07, 6.45) is 6.07. The van der Waals surface area contributed by atoms with Gasteiger partial charge in [0.05, 0.1) is 85.3 Å². The Morgan fingerprint density at radius 3 is 1.03 bits per heavy atom. The van der Waals surface area contributed by atoms with Crippen LogP contribution in [0.25, 0.3) is 0 Å². The Labute approximate surface area is 414 Å². The maximum atomic E-state index is 6.12. The molecule has 6 aromatic carbocycles. The van der Waals surface area contributed by atoms with Crippen LogP contribution < -0.4 is 56.8 Å². The molecule has 0 aliphatic heterocycles. The molecule has 0 saturated heterocycles. The van der Waals surface area contributed by atoms with Crippen LogP contribution in [-0.4, -0.2) is 85.3 Å². The molecular weight excluding hydrogens is 889 g/mol. The predicted octanol–water partition coefficient (Wildman–Crippen LogP) is 11.2. The Morgan fingerprint density at radius 2 is 0.657 bits per heavy atom. The molecule has 0 radical (unpaired) electrons. The molecule has 0 saturated carbocycles. The molecule has 2 atom stereocenters. The van der Waals surface area contributed by atoms with Crippen LogP contribution in [0.15, 0.2) is 97.1 Å². The number of methoxy groups -OCH3 is 12. The summed E-state index contributed by atoms with van der Waals surface area (Å²) < 4.78 is 69.1. The summed E-state index contributed by atoms with van der Waals surface area (Å²) in [6.45, 7) is 0. The summed E-state index contributed by atoms with van der Waals surface area (Å²) in [5.41, 5.74) is 8.88. The van der Waals surface area contributed by atoms with Crippen molar-refractivity contribution >= 4 is 0 Å². The largest absolute Gasteiger partial charge is 0.497 e. The first-order valence-corrected chi connectivity index (χ1v) is 23.4. The van der Waals surface area contributed by atoms with Crippen molar-refractivity contribution in [3.8, 4) is 69.0 Å². The van der Waals surface area contributed by atoms with Gasteiger partial charge in [-0.1, -0.05) is 24.3 Å². The lowest BCUT2D eigenvalue weighted by atomic mass is 9.75. The van der Waals surface area contributed by atoms with Crippen molar-refractivity contribution in [2.75, 3.05) is 85.3 Å². The minimum Gasteiger partial charge on any atom is -0.497 e. The van der Waals surface area contributed by atoms with Crippen LogP contribution in [0.2, 0.25) is 0 Å². The second-order valence-corrected chi connectivity index (χ2v) is 17.0. The van der Waals surface area contributed by atoms with Crippen molar-refractivity contribution in [3.63, 3.8) is 0 Å². The minimum absolute atomic E-state index is 0.0111. The van der Waals surface area contributed by atoms with Crippen LogP contribution in [0.3, 0.4) is 0 Å². The number of benzene rings is 6. The van der Waals surface area contributed by atoms with Gasteiger partial charge in [-0.2, -0.15) is 0 Å². The molecule has 0 aliphatic carbocycles. The van der Waals surface area contributed by atoms with Crippen molar-refractivity contribution < 1.29 is 56.8 Å². The lowest BCUT2D eigenvalue weighted by Gasteiger charge is -2.30. The summed E-state index contributed by atoms with van der Waals surface area (Å²) in [7, 11) is 20.0. The van der Waals surface area contributed by atoms with E-state index in [0.29, 0.717) is 34.5 Å². The maximum absolute atomic E-state index is 6.12. The Hall–Kier alpha value is -7.08. The third-order valence-corrected chi connectivity index (χ3v) is 13.1. The maximum Gasteiger partial charge on any atom is 0.203 e. The van der Waals surface area contributed by atoms with Gasteiger partial charge in [0.1, 0.15) is 34.5 Å². The van der Waals surface area contributed by atoms with Crippen molar-refractivity contribution in [2.45, 2.75) is 57.3 Å². The number of hydrogen-bond acceptors (Lipinski definition) is 12. The van der Waals surface area contributed by atoms with E-state index in [4.69, 9.17) is 56.8 Å². The van der Waals surface area contributed by atoms with Crippen molar-refractivity contribution in [1.82, 2.24) is 0 Å². The second-order valence-electron chi connectivity index (χ2n) is 17.0. The lowest BCUT2D eigenvalue weighted by Crippen LogP contribution is -2.20. The van der Waals surface area contributed by atoms with Crippen LogP contribution in [0.4, 0.5) is 0 Å². The highest BCUT2D eigenvalue weighted by atomic mass is 16.5. The van der Waals surface area contributed by atoms with Crippen LogP contribution in [0, 0.1) is 5.92 Å². The fourth-order valence-electron chi connectivity index (χ4n) is 9.33. The molecule has 0 amide bonds. The Balaban J connectivity index is 1.37. The second kappa shape index (κ2) is 25.5. The van der Waals surface area contributed by atoms with Crippen LogP contribution >= 0.6 is 0 Å². The van der Waals surface area contributed by atoms with E-state index >= 15 is 0 Å². The van der Waals surface area contributed by atoms with Crippen LogP contribution in [0.5, 0.6) is 69.0 Å². The number of hydrogen-bond donors (Lipinski definition) is 0. The molecule has 0 N–H and O–H groups in total. The SMILES string of the molecule is COc1cc(CC[C@@H](Cc2ccc(CCc3cc(OC)c(OC)c(OC)c3)c(OC)c2)[C@H](Cc2ccc(CCc3cc(OC)c(OC)c(OC)c3)c(OC)c2)c2cc(OC)cc(OC)c2)cc(OC)c1. The van der Waals surface area contributed by atoms with Crippen LogP contribution in [-0.2, 0) is 44.9 Å². The molecule has 0 aromatic heterocycles. The van der Waals surface area contributed by atoms with E-state index in [1.807, 2.05) is 36.4 Å². The summed E-state index contributed by atoms with van der Waals surface area (Å²) in [5, 5.41) is 0. The van der Waals surface area contributed by atoms with Gasteiger partial charge in [0.25, 0.3) is 0 Å². The molecule has 0 spiro atoms. The Kier molecular flexibility index (Phi) is 19.1. The highest BCUT2D eigenvalue weighted by Crippen LogP contribution is 2.42. The monoisotopic (exact) mass is 958 g/mol. The van der Waals surface area contributed by atoms with Crippen molar-refractivity contribution in [1.29, 1.82) is 0 Å². The average Bonchev–Trinajstić information content (AvgIpc) is 3.41. The van der Waals surface area contributed by atoms with E-state index in [1.54, 1.807) is 85.3 Å². The first-order valence-electron chi connectivity index (χ1n) is 23.4. The molecule has 12 nitrogen and oxygen atoms in total. The van der Waals surface area contributed by atoms with E-state index in [0.717, 1.165) is 125 Å². The third kappa shape index (κ3) is 13.0. The zero-order valence-electron chi connectivity index (χ0n) is 42.9. The summed E-state index contributed by atoms with van der Waals surface area (Å²) in [5.74, 6) is 8.42. The zero-order valence-corrected chi connectivity index (χ0v) is 42.9. The molecular formula is C58H70O12. The topological polar surface area (TPSA) is 111 Å². The highest BCUT2D eigenvalue weighted by Gasteiger charge is 2.27. The number of rotatable bonds is 27. The fraction of sp³-hybridized carbons (Fsp3) is 0.379. The molecule has 0 fully saturated rings. The van der Waals surface area contributed by atoms with Gasteiger partial charge < -0.3 is 56.8 Å². The molecule has 0 bridgehead atoms. The van der Waals surface area contributed by atoms with Crippen molar-refractivity contribution in [3.05, 3.63) is 142 Å². The van der Waals surface area contributed by atoms with Gasteiger partial charge in [-0.3, -0.25) is 0 Å². The first-order chi connectivity index (χ1) is 34.1. The minimum atomic E-state index is 0.0111. The smallest absolute Gasteiger partial charge is 0.203 e. The number of aryl methyl sites for hydroxylation is 5. The highest BCUT2D eigenvalue weighted by molar-refractivity contribution is 5.55. The molecule has 6 rings (SSSR count). The molecule has 374 valence electrons. The standard InChI is InChI=1S/C58H70O12/c1-59-46-24-38(25-47(35-46)60-2)17-22-44(23-37-13-18-42(51(27-37)63-5)20-15-40-29-53(65-7)57(69-11)54(30-40)66-8)50(45-33-48(61-3)36-49(34-45)62-4)26-39-14-19-43(52(28-39)64-6)21-16-41-31-55(67-9)58(70-12)56(32-41)68-10/h13-14,18-19,24-25,27-36,44,50H,15-17,20-23,26H2,1-12H3/t44-,50-/m0/s1. The van der Waals surface area contributed by atoms with E-state index in [1.165, 1.54) is 5.56 Å². The number of ether oxygens (including phenoxy) is 12. The van der Waals surface area contributed by atoms with E-state index in [-0.39, 0.29) is 11.8 Å². The summed E-state index contributed by atoms with van der Waals surface area (Å²) in [6, 6.07) is 33.5. The van der Waals surface area contributed by atoms with Gasteiger partial charge >= 0.3 is 0 Å². The third-order valence-electron chi connectivity index (χ3n) is 13.1. The Bertz CT molecular complexity index is 2550. The van der Waals surface area contributed by atoms with E-state index in [9.17, 15) is 0 Å². The lowest BCUT2D eigenvalue weighted by molar-refractivity contribution is 0.323. The van der Waals surface area contributed by atoms with E-state index in [2.05, 4.69) is 60.7 Å². The van der Waals surface area contributed by atoms with Gasteiger partial charge in [0, 0.05) is 12.1 Å². The van der Waals surface area contributed by atoms with Gasteiger partial charge in [-0.25, -0.2) is 0 Å². The molecule has 0 unspecified atom stereocenters. The van der Waals surface area contributed by atoms with Gasteiger partial charge in [0.2, 0.25) is 11.5 Å². The average molecular weight is 959 g/mol. The van der Waals surface area contributed by atoms with Gasteiger partial charge in [-0.05, 0) is 168 Å². The molecule has 0 heterocycles. The van der Waals surface area contributed by atoms with Gasteiger partial charge in [0.15, 0.2) is 23.0 Å². The Morgan fingerprint density at radius 1 is 0.300 bits per heavy atom. The first kappa shape index (κ1) is 52.3. The summed E-state index contributed by atoms with van der Waals surface area (Å²) >= 11 is 0. The zero-order chi connectivity index (χ0) is 50.2. The van der Waals surface area contributed by atoms with E-state index < -0.39 is 0 Å². The fourth-order valence-corrected chi connectivity index (χ4v) is 9.33. The van der Waals surface area contributed by atoms with Crippen molar-refractivity contribution in [2.24, 2.45) is 5.92 Å². The normalized spacial score (nSPS) is 11.8. The molecule has 6 aromatic rings. The molecule has 0 aliphatic rings. The quantitative estimate of drug-likeness (QED) is 0.0490. The molecule has 70 heavy (non-hydrogen) atoms. The predicted molar refractivity (Wildman–Crippen MR) is 274 cm³/mol. The molecule has 12 heteroatoms. The van der Waals surface area contributed by atoms with Gasteiger partial charge in [-0.15, -0.1) is 0 Å².